The number of phosphoric ester groups is 1. The van der Waals surface area contributed by atoms with Gasteiger partial charge in [-0.05, 0) is 6.07 Å². The van der Waals surface area contributed by atoms with E-state index < -0.39 is 15.6 Å². The van der Waals surface area contributed by atoms with Gasteiger partial charge in [-0.2, -0.15) is 4.31 Å². The van der Waals surface area contributed by atoms with Gasteiger partial charge in [-0.3, -0.25) is 4.52 Å². The molecule has 0 spiro atoms. The lowest BCUT2D eigenvalue weighted by molar-refractivity contribution is 0.172. The Hall–Kier alpha value is -0.460. The highest BCUT2D eigenvalue weighted by Crippen LogP contribution is 2.57. The number of rotatable bonds is 5. The van der Waals surface area contributed by atoms with Crippen molar-refractivity contribution in [2.24, 2.45) is 0 Å². The zero-order valence-corrected chi connectivity index (χ0v) is 9.01. The van der Waals surface area contributed by atoms with Crippen LogP contribution in [0.3, 0.4) is 0 Å². The van der Waals surface area contributed by atoms with Crippen molar-refractivity contribution in [1.29, 1.82) is 0 Å². The lowest BCUT2D eigenvalue weighted by atomic mass is 10.4. The van der Waals surface area contributed by atoms with E-state index in [1.54, 1.807) is 0 Å². The summed E-state index contributed by atoms with van der Waals surface area (Å²) in [5.74, 6) is 0. The van der Waals surface area contributed by atoms with Crippen LogP contribution < -0.4 is 0 Å². The lowest BCUT2D eigenvalue weighted by Gasteiger charge is -2.11. The van der Waals surface area contributed by atoms with Crippen molar-refractivity contribution in [3.8, 4) is 0 Å². The normalized spacial score (nSPS) is 16.2. The SMILES string of the molecule is O=P(O)(O)OP(=O)(O)OCc1ccoc1. The number of phosphoric acid groups is 2. The Morgan fingerprint density at radius 2 is 2.00 bits per heavy atom. The molecule has 0 aliphatic heterocycles. The van der Waals surface area contributed by atoms with E-state index in [1.165, 1.54) is 18.6 Å². The molecule has 1 aromatic heterocycles. The molecule has 0 saturated heterocycles. The topological polar surface area (TPSA) is 126 Å². The summed E-state index contributed by atoms with van der Waals surface area (Å²) < 4.78 is 33.6. The maximum absolute atomic E-state index is 10.9. The quantitative estimate of drug-likeness (QED) is 0.667. The zero-order chi connectivity index (χ0) is 11.5. The van der Waals surface area contributed by atoms with E-state index in [1.807, 2.05) is 0 Å². The van der Waals surface area contributed by atoms with Crippen LogP contribution in [0.5, 0.6) is 0 Å². The molecule has 0 saturated carbocycles. The average molecular weight is 258 g/mol. The van der Waals surface area contributed by atoms with Gasteiger partial charge in [0.2, 0.25) is 0 Å². The van der Waals surface area contributed by atoms with E-state index in [-0.39, 0.29) is 6.61 Å². The highest BCUT2D eigenvalue weighted by molar-refractivity contribution is 7.60. The van der Waals surface area contributed by atoms with Crippen LogP contribution >= 0.6 is 15.6 Å². The van der Waals surface area contributed by atoms with Gasteiger partial charge in [0.15, 0.2) is 0 Å². The highest BCUT2D eigenvalue weighted by atomic mass is 31.3. The third-order valence-electron chi connectivity index (χ3n) is 1.18. The van der Waals surface area contributed by atoms with E-state index in [0.29, 0.717) is 5.56 Å². The largest absolute Gasteiger partial charge is 0.481 e. The first kappa shape index (κ1) is 12.6. The molecule has 1 heterocycles. The molecule has 1 rings (SSSR count). The van der Waals surface area contributed by atoms with Crippen LogP contribution in [0, 0.1) is 0 Å². The molecule has 0 aliphatic rings. The van der Waals surface area contributed by atoms with Crippen molar-refractivity contribution in [2.45, 2.75) is 6.61 Å². The molecule has 1 atom stereocenters. The molecule has 0 aromatic carbocycles. The van der Waals surface area contributed by atoms with Crippen molar-refractivity contribution < 1.29 is 37.1 Å². The number of furan rings is 1. The zero-order valence-electron chi connectivity index (χ0n) is 7.22. The fourth-order valence-electron chi connectivity index (χ4n) is 0.689. The summed E-state index contributed by atoms with van der Waals surface area (Å²) in [4.78, 5) is 25.4. The van der Waals surface area contributed by atoms with Crippen LogP contribution in [0.15, 0.2) is 23.0 Å². The van der Waals surface area contributed by atoms with Crippen LogP contribution in [0.25, 0.3) is 0 Å². The highest BCUT2D eigenvalue weighted by Gasteiger charge is 2.32. The van der Waals surface area contributed by atoms with Crippen LogP contribution in [0.4, 0.5) is 0 Å². The Kier molecular flexibility index (Phi) is 3.86. The van der Waals surface area contributed by atoms with Crippen molar-refractivity contribution in [3.05, 3.63) is 24.2 Å². The molecule has 0 fully saturated rings. The first-order valence-electron chi connectivity index (χ1n) is 3.54. The Labute approximate surface area is 84.3 Å². The van der Waals surface area contributed by atoms with Crippen LogP contribution in [-0.4, -0.2) is 14.7 Å². The number of hydrogen-bond acceptors (Lipinski definition) is 5. The van der Waals surface area contributed by atoms with Crippen molar-refractivity contribution in [1.82, 2.24) is 0 Å². The van der Waals surface area contributed by atoms with Crippen molar-refractivity contribution >= 4 is 15.6 Å². The van der Waals surface area contributed by atoms with E-state index in [4.69, 9.17) is 14.7 Å². The summed E-state index contributed by atoms with van der Waals surface area (Å²) in [5, 5.41) is 0. The minimum absolute atomic E-state index is 0.357. The third kappa shape index (κ3) is 5.25. The van der Waals surface area contributed by atoms with E-state index in [2.05, 4.69) is 13.3 Å². The van der Waals surface area contributed by atoms with Gasteiger partial charge in [0, 0.05) is 5.56 Å². The van der Waals surface area contributed by atoms with Crippen molar-refractivity contribution in [3.63, 3.8) is 0 Å². The molecular weight excluding hydrogens is 250 g/mol. The lowest BCUT2D eigenvalue weighted by Crippen LogP contribution is -1.93. The van der Waals surface area contributed by atoms with Crippen LogP contribution in [0.2, 0.25) is 0 Å². The molecule has 1 aromatic rings. The summed E-state index contributed by atoms with van der Waals surface area (Å²) in [5.41, 5.74) is 0.429. The van der Waals surface area contributed by atoms with Gasteiger partial charge in [0.05, 0.1) is 19.1 Å². The smallest absolute Gasteiger partial charge is 0.472 e. The average Bonchev–Trinajstić information content (AvgIpc) is 2.47. The minimum Gasteiger partial charge on any atom is -0.472 e. The summed E-state index contributed by atoms with van der Waals surface area (Å²) in [6, 6.07) is 1.46. The molecule has 3 N–H and O–H groups in total. The maximum Gasteiger partial charge on any atom is 0.481 e. The second-order valence-electron chi connectivity index (χ2n) is 2.45. The summed E-state index contributed by atoms with van der Waals surface area (Å²) in [7, 11) is -9.82. The molecule has 86 valence electrons. The molecule has 0 bridgehead atoms. The standard InChI is InChI=1S/C5H8O8P2/c6-14(7,8)13-15(9,10)12-4-5-1-2-11-3-5/h1-3H,4H2,(H,9,10)(H2,6,7,8). The van der Waals surface area contributed by atoms with Gasteiger partial charge in [0.1, 0.15) is 0 Å². The van der Waals surface area contributed by atoms with Gasteiger partial charge in [-0.15, -0.1) is 0 Å². The van der Waals surface area contributed by atoms with Gasteiger partial charge in [0.25, 0.3) is 0 Å². The van der Waals surface area contributed by atoms with Gasteiger partial charge >= 0.3 is 15.6 Å². The summed E-state index contributed by atoms with van der Waals surface area (Å²) in [6.45, 7) is -0.357. The molecule has 10 heteroatoms. The Balaban J connectivity index is 2.50. The maximum atomic E-state index is 10.9. The van der Waals surface area contributed by atoms with E-state index in [0.717, 1.165) is 0 Å². The second kappa shape index (κ2) is 4.59. The van der Waals surface area contributed by atoms with Gasteiger partial charge in [-0.25, -0.2) is 9.13 Å². The second-order valence-corrected chi connectivity index (χ2v) is 5.28. The monoisotopic (exact) mass is 258 g/mol. The predicted octanol–water partition coefficient (Wildman–Crippen LogP) is 1.01. The Morgan fingerprint density at radius 1 is 1.33 bits per heavy atom. The Bertz CT molecular complexity index is 391. The first-order chi connectivity index (χ1) is 6.79. The van der Waals surface area contributed by atoms with Crippen molar-refractivity contribution in [2.75, 3.05) is 0 Å². The molecule has 0 amide bonds. The molecule has 15 heavy (non-hydrogen) atoms. The molecule has 0 radical (unpaired) electrons. The molecule has 0 aliphatic carbocycles. The van der Waals surface area contributed by atoms with E-state index >= 15 is 0 Å². The van der Waals surface area contributed by atoms with E-state index in [9.17, 15) is 9.13 Å². The molecular formula is C5H8O8P2. The fourth-order valence-corrected chi connectivity index (χ4v) is 2.26. The van der Waals surface area contributed by atoms with Gasteiger partial charge in [-0.1, -0.05) is 0 Å². The Morgan fingerprint density at radius 3 is 2.47 bits per heavy atom. The summed E-state index contributed by atoms with van der Waals surface area (Å²) in [6.07, 6.45) is 2.56. The summed E-state index contributed by atoms with van der Waals surface area (Å²) >= 11 is 0. The molecule has 1 unspecified atom stereocenters. The first-order valence-corrected chi connectivity index (χ1v) is 6.56. The van der Waals surface area contributed by atoms with Crippen LogP contribution in [-0.2, 0) is 24.6 Å². The van der Waals surface area contributed by atoms with Gasteiger partial charge < -0.3 is 19.1 Å². The predicted molar refractivity (Wildman–Crippen MR) is 46.5 cm³/mol. The van der Waals surface area contributed by atoms with Crippen LogP contribution in [0.1, 0.15) is 5.56 Å². The third-order valence-corrected chi connectivity index (χ3v) is 3.32. The molecule has 8 nitrogen and oxygen atoms in total. The fraction of sp³-hybridized carbons (Fsp3) is 0.200. The minimum atomic E-state index is -5.06. The number of hydrogen-bond donors (Lipinski definition) is 3.